The molecule has 2 rings (SSSR count). The first-order chi connectivity index (χ1) is 11.5. The number of hydrogen-bond donors (Lipinski definition) is 2. The molecule has 2 aromatic rings. The summed E-state index contributed by atoms with van der Waals surface area (Å²) in [6.45, 7) is 2.19. The van der Waals surface area contributed by atoms with Gasteiger partial charge in [-0.25, -0.2) is 0 Å². The maximum atomic E-state index is 12.0. The Balaban J connectivity index is 1.96. The topological polar surface area (TPSA) is 67.4 Å². The number of anilines is 1. The van der Waals surface area contributed by atoms with E-state index in [1.54, 1.807) is 42.5 Å². The number of amides is 2. The summed E-state index contributed by atoms with van der Waals surface area (Å²) in [5.74, 6) is -0.123. The molecule has 0 aliphatic carbocycles. The molecular weight excluding hydrogens is 396 g/mol. The molecule has 0 unspecified atom stereocenters. The summed E-state index contributed by atoms with van der Waals surface area (Å²) in [5.41, 5.74) is 0.998. The van der Waals surface area contributed by atoms with Gasteiger partial charge in [-0.05, 0) is 43.3 Å². The molecule has 5 nitrogen and oxygen atoms in total. The van der Waals surface area contributed by atoms with Crippen LogP contribution in [0, 0.1) is 0 Å². The zero-order valence-electron chi connectivity index (χ0n) is 12.9. The molecule has 0 heterocycles. The fourth-order valence-corrected chi connectivity index (χ4v) is 2.44. The van der Waals surface area contributed by atoms with Gasteiger partial charge >= 0.3 is 0 Å². The third kappa shape index (κ3) is 5.25. The zero-order chi connectivity index (χ0) is 17.5. The van der Waals surface area contributed by atoms with E-state index in [0.717, 1.165) is 4.47 Å². The molecule has 0 saturated heterocycles. The molecule has 0 aliphatic heterocycles. The molecule has 2 N–H and O–H groups in total. The Kier molecular flexibility index (Phi) is 6.63. The van der Waals surface area contributed by atoms with E-state index in [2.05, 4.69) is 26.6 Å². The Morgan fingerprint density at radius 1 is 1.21 bits per heavy atom. The van der Waals surface area contributed by atoms with Crippen LogP contribution >= 0.6 is 27.5 Å². The highest BCUT2D eigenvalue weighted by Crippen LogP contribution is 2.27. The summed E-state index contributed by atoms with van der Waals surface area (Å²) in [4.78, 5) is 23.8. The van der Waals surface area contributed by atoms with Crippen molar-refractivity contribution in [3.05, 3.63) is 57.5 Å². The monoisotopic (exact) mass is 410 g/mol. The third-order valence-corrected chi connectivity index (χ3v) is 3.80. The Hall–Kier alpha value is -2.05. The van der Waals surface area contributed by atoms with E-state index in [1.807, 2.05) is 6.92 Å². The van der Waals surface area contributed by atoms with Crippen molar-refractivity contribution in [2.45, 2.75) is 6.92 Å². The van der Waals surface area contributed by atoms with Crippen LogP contribution in [0.15, 0.2) is 46.9 Å². The minimum absolute atomic E-state index is 0.189. The van der Waals surface area contributed by atoms with Crippen LogP contribution in [-0.4, -0.2) is 25.0 Å². The second-order valence-corrected chi connectivity index (χ2v) is 6.17. The number of benzene rings is 2. The molecule has 2 aromatic carbocycles. The number of rotatable bonds is 6. The smallest absolute Gasteiger partial charge is 0.262 e. The molecule has 0 spiro atoms. The number of halogens is 2. The minimum Gasteiger partial charge on any atom is -0.482 e. The van der Waals surface area contributed by atoms with E-state index in [-0.39, 0.29) is 18.4 Å². The van der Waals surface area contributed by atoms with E-state index >= 15 is 0 Å². The lowest BCUT2D eigenvalue weighted by molar-refractivity contribution is -0.118. The fourth-order valence-electron chi connectivity index (χ4n) is 1.93. The third-order valence-electron chi connectivity index (χ3n) is 3.00. The molecule has 2 amide bonds. The number of nitrogens with one attached hydrogen (secondary N) is 2. The number of carbonyl (C=O) groups excluding carboxylic acids is 2. The second kappa shape index (κ2) is 8.70. The van der Waals surface area contributed by atoms with Gasteiger partial charge < -0.3 is 15.4 Å². The summed E-state index contributed by atoms with van der Waals surface area (Å²) in [6.07, 6.45) is 0. The van der Waals surface area contributed by atoms with E-state index in [1.165, 1.54) is 0 Å². The molecular formula is C17H16BrClN2O3. The molecule has 0 bridgehead atoms. The highest BCUT2D eigenvalue weighted by molar-refractivity contribution is 9.10. The molecule has 0 radical (unpaired) electrons. The van der Waals surface area contributed by atoms with Crippen LogP contribution in [0.1, 0.15) is 17.3 Å². The first kappa shape index (κ1) is 18.3. The molecule has 0 fully saturated rings. The SMILES string of the molecule is CCNC(=O)c1cccc(NC(=O)COc2cc(Br)ccc2Cl)c1. The van der Waals surface area contributed by atoms with E-state index in [0.29, 0.717) is 28.6 Å². The molecule has 0 aromatic heterocycles. The molecule has 0 aliphatic rings. The van der Waals surface area contributed by atoms with Crippen molar-refractivity contribution in [1.82, 2.24) is 5.32 Å². The zero-order valence-corrected chi connectivity index (χ0v) is 15.3. The summed E-state index contributed by atoms with van der Waals surface area (Å²) < 4.78 is 6.22. The van der Waals surface area contributed by atoms with Gasteiger partial charge in [0.25, 0.3) is 11.8 Å². The molecule has 7 heteroatoms. The average molecular weight is 412 g/mol. The summed E-state index contributed by atoms with van der Waals surface area (Å²) >= 11 is 9.32. The van der Waals surface area contributed by atoms with Gasteiger partial charge in [-0.2, -0.15) is 0 Å². The summed E-state index contributed by atoms with van der Waals surface area (Å²) in [5, 5.41) is 5.81. The highest BCUT2D eigenvalue weighted by atomic mass is 79.9. The Morgan fingerprint density at radius 2 is 2.00 bits per heavy atom. The van der Waals surface area contributed by atoms with Crippen molar-refractivity contribution in [3.63, 3.8) is 0 Å². The average Bonchev–Trinajstić information content (AvgIpc) is 2.56. The molecule has 0 atom stereocenters. The van der Waals surface area contributed by atoms with Gasteiger partial charge in [0.2, 0.25) is 0 Å². The van der Waals surface area contributed by atoms with Crippen LogP contribution in [0.25, 0.3) is 0 Å². The first-order valence-electron chi connectivity index (χ1n) is 7.25. The van der Waals surface area contributed by atoms with Crippen LogP contribution in [0.3, 0.4) is 0 Å². The van der Waals surface area contributed by atoms with Crippen LogP contribution in [0.5, 0.6) is 5.75 Å². The maximum absolute atomic E-state index is 12.0. The van der Waals surface area contributed by atoms with Gasteiger partial charge in [0.1, 0.15) is 5.75 Å². The van der Waals surface area contributed by atoms with Crippen molar-refractivity contribution < 1.29 is 14.3 Å². The van der Waals surface area contributed by atoms with Gasteiger partial charge in [-0.3, -0.25) is 9.59 Å². The molecule has 126 valence electrons. The number of carbonyl (C=O) groups is 2. The lowest BCUT2D eigenvalue weighted by Gasteiger charge is -2.10. The van der Waals surface area contributed by atoms with Gasteiger partial charge in [0, 0.05) is 22.3 Å². The van der Waals surface area contributed by atoms with Gasteiger partial charge in [-0.1, -0.05) is 33.6 Å². The van der Waals surface area contributed by atoms with Crippen LogP contribution in [0.4, 0.5) is 5.69 Å². The number of ether oxygens (including phenoxy) is 1. The lowest BCUT2D eigenvalue weighted by atomic mass is 10.2. The van der Waals surface area contributed by atoms with E-state index in [9.17, 15) is 9.59 Å². The predicted octanol–water partition coefficient (Wildman–Crippen LogP) is 3.87. The van der Waals surface area contributed by atoms with Crippen molar-refractivity contribution in [2.75, 3.05) is 18.5 Å². The number of hydrogen-bond acceptors (Lipinski definition) is 3. The molecule has 24 heavy (non-hydrogen) atoms. The lowest BCUT2D eigenvalue weighted by Crippen LogP contribution is -2.23. The summed E-state index contributed by atoms with van der Waals surface area (Å²) in [6, 6.07) is 11.8. The van der Waals surface area contributed by atoms with Crippen molar-refractivity contribution in [3.8, 4) is 5.75 Å². The maximum Gasteiger partial charge on any atom is 0.262 e. The van der Waals surface area contributed by atoms with Crippen molar-refractivity contribution in [1.29, 1.82) is 0 Å². The van der Waals surface area contributed by atoms with Crippen molar-refractivity contribution >= 4 is 45.0 Å². The highest BCUT2D eigenvalue weighted by Gasteiger charge is 2.09. The van der Waals surface area contributed by atoms with Crippen LogP contribution < -0.4 is 15.4 Å². The fraction of sp³-hybridized carbons (Fsp3) is 0.176. The second-order valence-electron chi connectivity index (χ2n) is 4.85. The van der Waals surface area contributed by atoms with Crippen molar-refractivity contribution in [2.24, 2.45) is 0 Å². The summed E-state index contributed by atoms with van der Waals surface area (Å²) in [7, 11) is 0. The Morgan fingerprint density at radius 3 is 2.75 bits per heavy atom. The predicted molar refractivity (Wildman–Crippen MR) is 97.7 cm³/mol. The van der Waals surface area contributed by atoms with E-state index < -0.39 is 0 Å². The quantitative estimate of drug-likeness (QED) is 0.758. The molecule has 0 saturated carbocycles. The van der Waals surface area contributed by atoms with Crippen LogP contribution in [0.2, 0.25) is 5.02 Å². The van der Waals surface area contributed by atoms with E-state index in [4.69, 9.17) is 16.3 Å². The Bertz CT molecular complexity index is 752. The van der Waals surface area contributed by atoms with Gasteiger partial charge in [0.05, 0.1) is 5.02 Å². The Labute approximate surface area is 153 Å². The van der Waals surface area contributed by atoms with Gasteiger partial charge in [0.15, 0.2) is 6.61 Å². The standard InChI is InChI=1S/C17H16BrClN2O3/c1-2-20-17(23)11-4-3-5-13(8-11)21-16(22)10-24-15-9-12(18)6-7-14(15)19/h3-9H,2,10H2,1H3,(H,20,23)(H,21,22). The first-order valence-corrected chi connectivity index (χ1v) is 8.42. The minimum atomic E-state index is -0.348. The van der Waals surface area contributed by atoms with Crippen LogP contribution in [-0.2, 0) is 4.79 Å². The normalized spacial score (nSPS) is 10.1. The van der Waals surface area contributed by atoms with Gasteiger partial charge in [-0.15, -0.1) is 0 Å². The largest absolute Gasteiger partial charge is 0.482 e.